The first-order valence-corrected chi connectivity index (χ1v) is 8.68. The van der Waals surface area contributed by atoms with Crippen LogP contribution in [0.4, 0.5) is 4.39 Å². The van der Waals surface area contributed by atoms with Crippen molar-refractivity contribution < 1.29 is 9.18 Å². The minimum atomic E-state index is -0.177. The Labute approximate surface area is 131 Å². The van der Waals surface area contributed by atoms with Gasteiger partial charge in [0.15, 0.2) is 0 Å². The highest BCUT2D eigenvalue weighted by atomic mass is 19.1. The van der Waals surface area contributed by atoms with E-state index in [9.17, 15) is 9.18 Å². The van der Waals surface area contributed by atoms with Crippen LogP contribution in [0.1, 0.15) is 50.5 Å². The first-order valence-electron chi connectivity index (χ1n) is 8.68. The van der Waals surface area contributed by atoms with Gasteiger partial charge in [0.1, 0.15) is 5.82 Å². The molecule has 0 heterocycles. The molecule has 0 aliphatic heterocycles. The smallest absolute Gasteiger partial charge is 0.223 e. The van der Waals surface area contributed by atoms with Crippen molar-refractivity contribution in [2.75, 3.05) is 0 Å². The Kier molecular flexibility index (Phi) is 3.47. The molecule has 3 fully saturated rings. The van der Waals surface area contributed by atoms with Crippen molar-refractivity contribution >= 4 is 5.91 Å². The Bertz CT molecular complexity index is 587. The van der Waals surface area contributed by atoms with E-state index < -0.39 is 0 Å². The van der Waals surface area contributed by atoms with Gasteiger partial charge in [-0.25, -0.2) is 4.39 Å². The Morgan fingerprint density at radius 3 is 2.73 bits per heavy atom. The van der Waals surface area contributed by atoms with Gasteiger partial charge in [0.05, 0.1) is 0 Å². The van der Waals surface area contributed by atoms with Crippen LogP contribution >= 0.6 is 0 Å². The lowest BCUT2D eigenvalue weighted by molar-refractivity contribution is -0.123. The van der Waals surface area contributed by atoms with Gasteiger partial charge in [-0.2, -0.15) is 0 Å². The molecule has 4 rings (SSSR count). The molecule has 0 aromatic heterocycles. The molecule has 3 aliphatic carbocycles. The van der Waals surface area contributed by atoms with Crippen LogP contribution in [0, 0.1) is 29.5 Å². The lowest BCUT2D eigenvalue weighted by Gasteiger charge is -2.28. The van der Waals surface area contributed by atoms with E-state index in [4.69, 9.17) is 0 Å². The lowest BCUT2D eigenvalue weighted by Crippen LogP contribution is -2.41. The molecule has 1 amide bonds. The van der Waals surface area contributed by atoms with Gasteiger partial charge < -0.3 is 5.32 Å². The highest BCUT2D eigenvalue weighted by Crippen LogP contribution is 2.51. The largest absolute Gasteiger partial charge is 0.353 e. The summed E-state index contributed by atoms with van der Waals surface area (Å²) in [6, 6.07) is 7.12. The van der Waals surface area contributed by atoms with Crippen molar-refractivity contribution in [2.45, 2.75) is 51.0 Å². The minimum Gasteiger partial charge on any atom is -0.353 e. The number of hydrogen-bond acceptors (Lipinski definition) is 1. The van der Waals surface area contributed by atoms with Gasteiger partial charge in [-0.15, -0.1) is 0 Å². The molecule has 118 valence electrons. The van der Waals surface area contributed by atoms with E-state index in [1.807, 2.05) is 12.1 Å². The quantitative estimate of drug-likeness (QED) is 0.898. The van der Waals surface area contributed by atoms with Crippen molar-refractivity contribution in [3.63, 3.8) is 0 Å². The molecule has 0 radical (unpaired) electrons. The van der Waals surface area contributed by atoms with E-state index >= 15 is 0 Å². The summed E-state index contributed by atoms with van der Waals surface area (Å²) < 4.78 is 13.8. The zero-order valence-electron chi connectivity index (χ0n) is 13.1. The van der Waals surface area contributed by atoms with Crippen LogP contribution in [0.15, 0.2) is 24.3 Å². The molecule has 1 aromatic carbocycles. The average molecular weight is 301 g/mol. The van der Waals surface area contributed by atoms with Crippen LogP contribution in [0.2, 0.25) is 0 Å². The van der Waals surface area contributed by atoms with E-state index in [1.54, 1.807) is 6.07 Å². The fraction of sp³-hybridized carbons (Fsp3) is 0.632. The third-order valence-corrected chi connectivity index (χ3v) is 6.24. The highest BCUT2D eigenvalue weighted by Gasteiger charge is 2.47. The summed E-state index contributed by atoms with van der Waals surface area (Å²) >= 11 is 0. The Hall–Kier alpha value is -1.38. The molecule has 3 heteroatoms. The second-order valence-electron chi connectivity index (χ2n) is 7.61. The lowest BCUT2D eigenvalue weighted by atomic mass is 9.84. The number of hydrogen-bond donors (Lipinski definition) is 1. The normalized spacial score (nSPS) is 37.1. The molecule has 1 N–H and O–H groups in total. The van der Waals surface area contributed by atoms with Crippen LogP contribution in [-0.2, 0) is 4.79 Å². The second-order valence-corrected chi connectivity index (χ2v) is 7.61. The predicted molar refractivity (Wildman–Crippen MR) is 83.8 cm³/mol. The summed E-state index contributed by atoms with van der Waals surface area (Å²) in [5, 5.41) is 3.23. The summed E-state index contributed by atoms with van der Waals surface area (Å²) in [7, 11) is 0. The predicted octanol–water partition coefficient (Wildman–Crippen LogP) is 3.87. The number of carbonyl (C=O) groups excluding carboxylic acids is 1. The molecule has 6 atom stereocenters. The van der Waals surface area contributed by atoms with Gasteiger partial charge in [0.25, 0.3) is 0 Å². The molecule has 22 heavy (non-hydrogen) atoms. The summed E-state index contributed by atoms with van der Waals surface area (Å²) in [4.78, 5) is 12.4. The summed E-state index contributed by atoms with van der Waals surface area (Å²) in [6.07, 6.45) is 6.17. The Balaban J connectivity index is 1.35. The maximum atomic E-state index is 13.8. The third kappa shape index (κ3) is 2.45. The Morgan fingerprint density at radius 2 is 2.05 bits per heavy atom. The highest BCUT2D eigenvalue weighted by molar-refractivity contribution is 5.83. The second kappa shape index (κ2) is 5.36. The first-order chi connectivity index (χ1) is 10.6. The van der Waals surface area contributed by atoms with Crippen LogP contribution in [0.3, 0.4) is 0 Å². The van der Waals surface area contributed by atoms with E-state index in [0.29, 0.717) is 11.5 Å². The van der Waals surface area contributed by atoms with Gasteiger partial charge >= 0.3 is 0 Å². The van der Waals surface area contributed by atoms with Crippen molar-refractivity contribution in [1.29, 1.82) is 0 Å². The topological polar surface area (TPSA) is 29.1 Å². The Morgan fingerprint density at radius 1 is 1.23 bits per heavy atom. The summed E-state index contributed by atoms with van der Waals surface area (Å²) in [5.74, 6) is 2.38. The summed E-state index contributed by atoms with van der Waals surface area (Å²) in [5.41, 5.74) is 0.704. The van der Waals surface area contributed by atoms with Crippen LogP contribution < -0.4 is 5.32 Å². The molecular formula is C19H24FNO. The maximum absolute atomic E-state index is 13.8. The average Bonchev–Trinajstić information content (AvgIpc) is 3.01. The number of fused-ring (bicyclic) bond motifs is 2. The number of nitrogens with one attached hydrogen (secondary N) is 1. The van der Waals surface area contributed by atoms with Crippen molar-refractivity contribution in [3.05, 3.63) is 35.6 Å². The fourth-order valence-corrected chi connectivity index (χ4v) is 4.95. The van der Waals surface area contributed by atoms with Gasteiger partial charge in [-0.3, -0.25) is 4.79 Å². The SMILES string of the molecule is CC(NC(=O)C1CC1c1ccccc1F)C1CC2CCC1C2. The van der Waals surface area contributed by atoms with E-state index in [1.165, 1.54) is 31.7 Å². The van der Waals surface area contributed by atoms with E-state index in [-0.39, 0.29) is 29.6 Å². The molecule has 0 spiro atoms. The molecular weight excluding hydrogens is 277 g/mol. The number of benzene rings is 1. The standard InChI is InChI=1S/C19H24FNO/c1-11(15-9-12-6-7-13(15)8-12)21-19(22)17-10-16(17)14-4-2-3-5-18(14)20/h2-5,11-13,15-17H,6-10H2,1H3,(H,21,22). The van der Waals surface area contributed by atoms with Crippen LogP contribution in [0.5, 0.6) is 0 Å². The molecule has 2 nitrogen and oxygen atoms in total. The van der Waals surface area contributed by atoms with Crippen LogP contribution in [-0.4, -0.2) is 11.9 Å². The van der Waals surface area contributed by atoms with Gasteiger partial charge in [-0.05, 0) is 67.9 Å². The van der Waals surface area contributed by atoms with E-state index in [2.05, 4.69) is 12.2 Å². The van der Waals surface area contributed by atoms with Gasteiger partial charge in [-0.1, -0.05) is 24.6 Å². The third-order valence-electron chi connectivity index (χ3n) is 6.24. The summed E-state index contributed by atoms with van der Waals surface area (Å²) in [6.45, 7) is 2.16. The monoisotopic (exact) mass is 301 g/mol. The number of amides is 1. The number of rotatable bonds is 4. The van der Waals surface area contributed by atoms with Gasteiger partial charge in [0.2, 0.25) is 5.91 Å². The zero-order valence-corrected chi connectivity index (χ0v) is 13.1. The number of carbonyl (C=O) groups is 1. The van der Waals surface area contributed by atoms with Crippen molar-refractivity contribution in [2.24, 2.45) is 23.7 Å². The van der Waals surface area contributed by atoms with Crippen LogP contribution in [0.25, 0.3) is 0 Å². The van der Waals surface area contributed by atoms with Crippen molar-refractivity contribution in [3.8, 4) is 0 Å². The fourth-order valence-electron chi connectivity index (χ4n) is 4.95. The molecule has 2 bridgehead atoms. The van der Waals surface area contributed by atoms with Crippen molar-refractivity contribution in [1.82, 2.24) is 5.32 Å². The first kappa shape index (κ1) is 14.2. The van der Waals surface area contributed by atoms with E-state index in [0.717, 1.165) is 18.3 Å². The molecule has 1 aromatic rings. The molecule has 6 unspecified atom stereocenters. The molecule has 0 saturated heterocycles. The maximum Gasteiger partial charge on any atom is 0.223 e. The minimum absolute atomic E-state index is 0.0297. The molecule has 3 saturated carbocycles. The molecule has 3 aliphatic rings. The zero-order chi connectivity index (χ0) is 15.3. The number of halogens is 1. The van der Waals surface area contributed by atoms with Gasteiger partial charge in [0, 0.05) is 12.0 Å².